The molecule has 4 atom stereocenters. The molecule has 544 valence electrons. The number of rotatable bonds is 4. The second-order valence-electron chi connectivity index (χ2n) is 36.3. The Hall–Kier alpha value is -8.83. The number of nitrogens with one attached hydrogen (secondary N) is 5. The second kappa shape index (κ2) is 27.0. The SMILES string of the molecule is CCc1cc(C(C)(C)C)cc(C)c1OCC(C)=O.Cc1cc(C(C)(C)C)cc2c1OCC1(C)c3ccc([nH]3)C3(C)COc4ccc(C(C)(C)C)cc4Cc4cc(C(C)(C)C)cc5c4OCC(C)(c4ccc3[nH]4)c3ccc([nH]3)C(C)(COc3c(cc(C(C)(C)C)cc3C5)C2)c2ccc1[nH]2.c1cc[nH]c1. The summed E-state index contributed by atoms with van der Waals surface area (Å²) >= 11 is 0. The minimum absolute atomic E-state index is 0.0522. The van der Waals surface area contributed by atoms with E-state index in [2.05, 4.69) is 286 Å². The van der Waals surface area contributed by atoms with Gasteiger partial charge in [-0.15, -0.1) is 0 Å². The smallest absolute Gasteiger partial charge is 0.167 e. The molecule has 0 radical (unpaired) electrons. The van der Waals surface area contributed by atoms with Gasteiger partial charge in [-0.1, -0.05) is 171 Å². The molecule has 11 heteroatoms. The molecule has 9 heterocycles. The van der Waals surface area contributed by atoms with E-state index in [1.165, 1.54) is 33.4 Å². The maximum Gasteiger partial charge on any atom is 0.167 e. The number of aryl methyl sites for hydroxylation is 3. The summed E-state index contributed by atoms with van der Waals surface area (Å²) in [6.45, 7) is 53.3. The first-order valence-corrected chi connectivity index (χ1v) is 37.4. The van der Waals surface area contributed by atoms with Gasteiger partial charge in [-0.05, 0) is 227 Å². The highest BCUT2D eigenvalue weighted by molar-refractivity contribution is 5.77. The molecule has 5 aromatic heterocycles. The van der Waals surface area contributed by atoms with Crippen molar-refractivity contribution in [2.45, 2.75) is 234 Å². The standard InChI is InChI=1S/C72H86N4O4.C16H24O2.C4H5N/c1-42-28-50(66(5,6)7)33-44-30-46-35-52(68(11,12)13)37-48-31-47-36-51(67(8,9)10)34-45-29-43-32-49(65(2,3)4)18-19-53(43)77-38-69(14)54-20-22-56(73-54)70(15,39-78-62(42)44)57-24-25-59(75-57)72(17,41-80-64(46)48)61-27-26-60(76-61)71(16,40-79-63(45)47)58-23-21-55(69)74-58;1-7-13-9-14(16(4,5)6)8-11(2)15(13)18-10-12(3)17;1-2-4-5-3-1/h18-28,32-37,73-76H,29-31,38-41H2,1-17H3;8-9H,7,10H2,1-6H3;1-5H. The van der Waals surface area contributed by atoms with Gasteiger partial charge in [-0.2, -0.15) is 0 Å². The lowest BCUT2D eigenvalue weighted by Crippen LogP contribution is -2.37. The lowest BCUT2D eigenvalue weighted by molar-refractivity contribution is -0.118. The molecular weight excluding hydrogens is 1270 g/mol. The molecule has 0 fully saturated rings. The summed E-state index contributed by atoms with van der Waals surface area (Å²) in [4.78, 5) is 30.3. The molecule has 5 aromatic carbocycles. The first kappa shape index (κ1) is 73.9. The number of benzene rings is 5. The van der Waals surface area contributed by atoms with Gasteiger partial charge in [0.2, 0.25) is 0 Å². The molecule has 0 aliphatic carbocycles. The van der Waals surface area contributed by atoms with Crippen molar-refractivity contribution in [1.29, 1.82) is 0 Å². The van der Waals surface area contributed by atoms with E-state index in [0.29, 0.717) is 45.7 Å². The second-order valence-corrected chi connectivity index (χ2v) is 36.3. The molecule has 4 aliphatic rings. The maximum absolute atomic E-state index is 11.0. The topological polar surface area (TPSA) is 142 Å². The van der Waals surface area contributed by atoms with Gasteiger partial charge in [0.15, 0.2) is 5.78 Å². The van der Waals surface area contributed by atoms with Crippen LogP contribution in [0.5, 0.6) is 28.7 Å². The highest BCUT2D eigenvalue weighted by atomic mass is 16.5. The van der Waals surface area contributed by atoms with Crippen LogP contribution in [0.4, 0.5) is 0 Å². The van der Waals surface area contributed by atoms with Crippen molar-refractivity contribution in [3.05, 3.63) is 263 Å². The Morgan fingerprint density at radius 3 is 1.05 bits per heavy atom. The predicted octanol–water partition coefficient (Wildman–Crippen LogP) is 20.9. The Kier molecular flexibility index (Phi) is 19.4. The number of hydrogen-bond donors (Lipinski definition) is 5. The van der Waals surface area contributed by atoms with Gasteiger partial charge < -0.3 is 48.6 Å². The molecule has 0 amide bonds. The predicted molar refractivity (Wildman–Crippen MR) is 421 cm³/mol. The van der Waals surface area contributed by atoms with E-state index < -0.39 is 21.7 Å². The number of carbonyl (C=O) groups is 1. The summed E-state index contributed by atoms with van der Waals surface area (Å²) in [6, 6.07) is 47.8. The number of H-pyrrole nitrogens is 5. The summed E-state index contributed by atoms with van der Waals surface area (Å²) in [5.74, 6) is 4.52. The average molecular weight is 1390 g/mol. The zero-order valence-corrected chi connectivity index (χ0v) is 66.1. The van der Waals surface area contributed by atoms with Crippen LogP contribution in [0.15, 0.2) is 140 Å². The molecule has 14 bridgehead atoms. The summed E-state index contributed by atoms with van der Waals surface area (Å²) in [7, 11) is 0. The van der Waals surface area contributed by atoms with Crippen molar-refractivity contribution >= 4 is 5.78 Å². The van der Waals surface area contributed by atoms with Crippen molar-refractivity contribution in [2.75, 3.05) is 33.0 Å². The fourth-order valence-electron chi connectivity index (χ4n) is 15.3. The van der Waals surface area contributed by atoms with Gasteiger partial charge in [0.25, 0.3) is 0 Å². The minimum Gasteiger partial charge on any atom is -0.492 e. The minimum atomic E-state index is -0.686. The molecule has 0 saturated carbocycles. The fraction of sp³-hybridized carbons (Fsp3) is 0.446. The third kappa shape index (κ3) is 14.6. The summed E-state index contributed by atoms with van der Waals surface area (Å²) in [5, 5.41) is 0. The molecule has 14 rings (SSSR count). The van der Waals surface area contributed by atoms with Crippen molar-refractivity contribution in [3.63, 3.8) is 0 Å². The van der Waals surface area contributed by atoms with Gasteiger partial charge in [0.1, 0.15) is 61.8 Å². The Morgan fingerprint density at radius 1 is 0.398 bits per heavy atom. The van der Waals surface area contributed by atoms with E-state index in [-0.39, 0.29) is 39.5 Å². The number of aromatic nitrogens is 5. The quantitative estimate of drug-likeness (QED) is 0.119. The molecule has 103 heavy (non-hydrogen) atoms. The molecular formula is C92H115N5O6. The summed E-state index contributed by atoms with van der Waals surface area (Å²) in [6.07, 6.45) is 6.47. The first-order chi connectivity index (χ1) is 48.2. The third-order valence-electron chi connectivity index (χ3n) is 22.6. The van der Waals surface area contributed by atoms with Crippen LogP contribution in [-0.2, 0) is 79.2 Å². The maximum atomic E-state index is 11.0. The zero-order valence-electron chi connectivity index (χ0n) is 66.1. The molecule has 10 aromatic rings. The van der Waals surface area contributed by atoms with E-state index >= 15 is 0 Å². The van der Waals surface area contributed by atoms with Crippen molar-refractivity contribution in [2.24, 2.45) is 0 Å². The van der Waals surface area contributed by atoms with Crippen molar-refractivity contribution in [1.82, 2.24) is 24.9 Å². The molecule has 5 N–H and O–H groups in total. The van der Waals surface area contributed by atoms with Crippen molar-refractivity contribution in [3.8, 4) is 28.7 Å². The number of ether oxygens (including phenoxy) is 5. The number of fused-ring (bicyclic) bond motifs is 8. The van der Waals surface area contributed by atoms with Crippen LogP contribution in [0, 0.1) is 13.8 Å². The van der Waals surface area contributed by atoms with Crippen LogP contribution < -0.4 is 23.7 Å². The van der Waals surface area contributed by atoms with Gasteiger partial charge in [0.05, 0.1) is 21.7 Å². The van der Waals surface area contributed by atoms with Crippen LogP contribution >= 0.6 is 0 Å². The van der Waals surface area contributed by atoms with Gasteiger partial charge in [-0.25, -0.2) is 0 Å². The number of aromatic amines is 5. The molecule has 0 spiro atoms. The van der Waals surface area contributed by atoms with Crippen LogP contribution in [0.3, 0.4) is 0 Å². The van der Waals surface area contributed by atoms with E-state index in [9.17, 15) is 4.79 Å². The Balaban J connectivity index is 0.000000370. The average Bonchev–Trinajstić information content (AvgIpc) is 1.64. The lowest BCUT2D eigenvalue weighted by atomic mass is 9.80. The number of ketones is 1. The Labute approximate surface area is 614 Å². The zero-order chi connectivity index (χ0) is 74.4. The summed E-state index contributed by atoms with van der Waals surface area (Å²) in [5.41, 5.74) is 21.8. The molecule has 0 saturated heterocycles. The van der Waals surface area contributed by atoms with E-state index in [1.807, 2.05) is 31.5 Å². The first-order valence-electron chi connectivity index (χ1n) is 37.4. The highest BCUT2D eigenvalue weighted by Gasteiger charge is 2.45. The van der Waals surface area contributed by atoms with Gasteiger partial charge >= 0.3 is 0 Å². The number of hydrogen-bond acceptors (Lipinski definition) is 6. The van der Waals surface area contributed by atoms with Crippen LogP contribution in [0.2, 0.25) is 0 Å². The fourth-order valence-corrected chi connectivity index (χ4v) is 15.3. The van der Waals surface area contributed by atoms with Crippen LogP contribution in [-0.4, -0.2) is 63.7 Å². The van der Waals surface area contributed by atoms with Crippen LogP contribution in [0.1, 0.15) is 269 Å². The Morgan fingerprint density at radius 2 is 0.709 bits per heavy atom. The van der Waals surface area contributed by atoms with E-state index in [4.69, 9.17) is 23.7 Å². The highest BCUT2D eigenvalue weighted by Crippen LogP contribution is 2.49. The van der Waals surface area contributed by atoms with Gasteiger partial charge in [-0.3, -0.25) is 4.79 Å². The number of Topliss-reactive ketones (excluding diaryl/α,β-unsaturated/α-hetero) is 1. The number of carbonyl (C=O) groups excluding carboxylic acids is 1. The molecule has 11 nitrogen and oxygen atoms in total. The normalized spacial score (nSPS) is 20.1. The third-order valence-corrected chi connectivity index (χ3v) is 22.6. The van der Waals surface area contributed by atoms with Gasteiger partial charge in [0, 0.05) is 77.2 Å². The van der Waals surface area contributed by atoms with E-state index in [0.717, 1.165) is 125 Å². The summed E-state index contributed by atoms with van der Waals surface area (Å²) < 4.78 is 36.2. The monoisotopic (exact) mass is 1390 g/mol. The Bertz CT molecular complexity index is 4740. The van der Waals surface area contributed by atoms with E-state index in [1.54, 1.807) is 6.92 Å². The largest absolute Gasteiger partial charge is 0.492 e. The van der Waals surface area contributed by atoms with Crippen molar-refractivity contribution < 1.29 is 28.5 Å². The molecule has 4 aliphatic heterocycles. The van der Waals surface area contributed by atoms with Crippen LogP contribution in [0.25, 0.3) is 0 Å². The molecule has 4 unspecified atom stereocenters. The lowest BCUT2D eigenvalue weighted by Gasteiger charge is -2.35.